The van der Waals surface area contributed by atoms with Crippen molar-refractivity contribution >= 4 is 21.1 Å². The van der Waals surface area contributed by atoms with Crippen molar-refractivity contribution in [3.05, 3.63) is 18.2 Å². The van der Waals surface area contributed by atoms with Gasteiger partial charge >= 0.3 is 0 Å². The van der Waals surface area contributed by atoms with Crippen LogP contribution in [0.2, 0.25) is 0 Å². The third-order valence-corrected chi connectivity index (χ3v) is 6.41. The van der Waals surface area contributed by atoms with Gasteiger partial charge in [0.1, 0.15) is 10.4 Å². The Morgan fingerprint density at radius 1 is 1.24 bits per heavy atom. The molecule has 2 aromatic rings. The molecule has 4 rings (SSSR count). The van der Waals surface area contributed by atoms with Crippen molar-refractivity contribution in [3.8, 4) is 0 Å². The Bertz CT molecular complexity index is 771. The highest BCUT2D eigenvalue weighted by atomic mass is 32.2. The summed E-state index contributed by atoms with van der Waals surface area (Å²) in [7, 11) is -3.57. The largest absolute Gasteiger partial charge is 0.243 e. The van der Waals surface area contributed by atoms with Crippen molar-refractivity contribution in [1.29, 1.82) is 0 Å². The van der Waals surface area contributed by atoms with Gasteiger partial charge in [0.05, 0.1) is 0 Å². The van der Waals surface area contributed by atoms with E-state index in [1.54, 1.807) is 12.1 Å². The van der Waals surface area contributed by atoms with Gasteiger partial charge < -0.3 is 0 Å². The second-order valence-electron chi connectivity index (χ2n) is 6.17. The number of sulfonamides is 1. The molecule has 1 aromatic heterocycles. The van der Waals surface area contributed by atoms with Crippen molar-refractivity contribution in [3.63, 3.8) is 0 Å². The quantitative estimate of drug-likeness (QED) is 0.933. The standard InChI is InChI=1S/C14H17N3O3S/c18-21(19,13-3-1-2-12-14(13)17-20-16-12)15-8-11-7-9-4-5-10(11)6-9/h1-3,9-11,15H,4-8H2. The molecule has 2 aliphatic carbocycles. The van der Waals surface area contributed by atoms with E-state index in [9.17, 15) is 8.42 Å². The van der Waals surface area contributed by atoms with Crippen molar-refractivity contribution in [2.24, 2.45) is 17.8 Å². The van der Waals surface area contributed by atoms with Gasteiger partial charge in [0, 0.05) is 6.54 Å². The molecule has 0 radical (unpaired) electrons. The van der Waals surface area contributed by atoms with E-state index >= 15 is 0 Å². The average molecular weight is 307 g/mol. The van der Waals surface area contributed by atoms with Crippen LogP contribution < -0.4 is 4.72 Å². The Hall–Kier alpha value is -1.47. The molecule has 1 aromatic carbocycles. The predicted octanol–water partition coefficient (Wildman–Crippen LogP) is 1.94. The number of hydrogen-bond acceptors (Lipinski definition) is 5. The van der Waals surface area contributed by atoms with Crippen molar-refractivity contribution in [2.75, 3.05) is 6.54 Å². The highest BCUT2D eigenvalue weighted by Gasteiger charge is 2.39. The lowest BCUT2D eigenvalue weighted by molar-refractivity contribution is 0.315. The van der Waals surface area contributed by atoms with Crippen molar-refractivity contribution < 1.29 is 13.0 Å². The fourth-order valence-electron chi connectivity index (χ4n) is 3.92. The van der Waals surface area contributed by atoms with Gasteiger partial charge in [-0.15, -0.1) is 0 Å². The monoisotopic (exact) mass is 307 g/mol. The van der Waals surface area contributed by atoms with E-state index in [0.29, 0.717) is 23.9 Å². The molecule has 1 N–H and O–H groups in total. The Balaban J connectivity index is 1.55. The molecule has 2 bridgehead atoms. The number of hydrogen-bond donors (Lipinski definition) is 1. The van der Waals surface area contributed by atoms with Crippen LogP contribution in [0.5, 0.6) is 0 Å². The van der Waals surface area contributed by atoms with Gasteiger partial charge in [0.2, 0.25) is 10.0 Å². The molecule has 21 heavy (non-hydrogen) atoms. The van der Waals surface area contributed by atoms with Crippen LogP contribution in [0.1, 0.15) is 25.7 Å². The first-order valence-corrected chi connectivity index (χ1v) is 8.83. The number of nitrogens with one attached hydrogen (secondary N) is 1. The van der Waals surface area contributed by atoms with E-state index in [0.717, 1.165) is 12.3 Å². The lowest BCUT2D eigenvalue weighted by atomic mass is 9.89. The van der Waals surface area contributed by atoms with Crippen molar-refractivity contribution in [1.82, 2.24) is 15.0 Å². The summed E-state index contributed by atoms with van der Waals surface area (Å²) in [5, 5.41) is 7.38. The Labute approximate surface area is 122 Å². The summed E-state index contributed by atoms with van der Waals surface area (Å²) >= 11 is 0. The van der Waals surface area contributed by atoms with Gasteiger partial charge in [-0.2, -0.15) is 0 Å². The van der Waals surface area contributed by atoms with Gasteiger partial charge in [-0.3, -0.25) is 0 Å². The molecule has 0 amide bonds. The Morgan fingerprint density at radius 2 is 2.14 bits per heavy atom. The van der Waals surface area contributed by atoms with E-state index in [-0.39, 0.29) is 10.4 Å². The molecule has 1 heterocycles. The minimum Gasteiger partial charge on any atom is -0.243 e. The van der Waals surface area contributed by atoms with Crippen LogP contribution in [0.4, 0.5) is 0 Å². The topological polar surface area (TPSA) is 85.1 Å². The fourth-order valence-corrected chi connectivity index (χ4v) is 5.16. The van der Waals surface area contributed by atoms with E-state index in [2.05, 4.69) is 19.7 Å². The maximum absolute atomic E-state index is 12.5. The first kappa shape index (κ1) is 13.2. The average Bonchev–Trinajstić information content (AvgIpc) is 3.19. The third kappa shape index (κ3) is 2.24. The van der Waals surface area contributed by atoms with E-state index in [4.69, 9.17) is 0 Å². The van der Waals surface area contributed by atoms with Crippen LogP contribution >= 0.6 is 0 Å². The molecular weight excluding hydrogens is 290 g/mol. The van der Waals surface area contributed by atoms with Gasteiger partial charge in [-0.1, -0.05) is 12.5 Å². The minimum atomic E-state index is -3.57. The number of nitrogens with zero attached hydrogens (tertiary/aromatic N) is 2. The summed E-state index contributed by atoms with van der Waals surface area (Å²) in [6, 6.07) is 4.87. The molecule has 0 aliphatic heterocycles. The lowest BCUT2D eigenvalue weighted by Gasteiger charge is -2.21. The summed E-state index contributed by atoms with van der Waals surface area (Å²) in [4.78, 5) is 0.143. The maximum Gasteiger partial charge on any atom is 0.242 e. The lowest BCUT2D eigenvalue weighted by Crippen LogP contribution is -2.31. The van der Waals surface area contributed by atoms with Gasteiger partial charge in [-0.05, 0) is 59.5 Å². The van der Waals surface area contributed by atoms with Crippen LogP contribution in [0.3, 0.4) is 0 Å². The Morgan fingerprint density at radius 3 is 2.90 bits per heavy atom. The third-order valence-electron chi connectivity index (χ3n) is 4.96. The van der Waals surface area contributed by atoms with Crippen LogP contribution in [0, 0.1) is 17.8 Å². The zero-order valence-corrected chi connectivity index (χ0v) is 12.3. The van der Waals surface area contributed by atoms with Crippen LogP contribution in [-0.2, 0) is 10.0 Å². The molecule has 2 fully saturated rings. The van der Waals surface area contributed by atoms with Gasteiger partial charge in [-0.25, -0.2) is 17.8 Å². The number of fused-ring (bicyclic) bond motifs is 3. The van der Waals surface area contributed by atoms with E-state index < -0.39 is 10.0 Å². The highest BCUT2D eigenvalue weighted by Crippen LogP contribution is 2.48. The normalized spacial score (nSPS) is 28.5. The molecule has 112 valence electrons. The molecular formula is C14H17N3O3S. The SMILES string of the molecule is O=S(=O)(NCC1CC2CCC1C2)c1cccc2nonc12. The van der Waals surface area contributed by atoms with Crippen LogP contribution in [-0.4, -0.2) is 25.3 Å². The van der Waals surface area contributed by atoms with Crippen molar-refractivity contribution in [2.45, 2.75) is 30.6 Å². The fraction of sp³-hybridized carbons (Fsp3) is 0.571. The minimum absolute atomic E-state index is 0.143. The summed E-state index contributed by atoms with van der Waals surface area (Å²) in [6.45, 7) is 0.519. The van der Waals surface area contributed by atoms with Gasteiger partial charge in [0.15, 0.2) is 5.52 Å². The molecule has 0 spiro atoms. The number of aromatic nitrogens is 2. The molecule has 2 saturated carbocycles. The second kappa shape index (κ2) is 4.78. The molecule has 7 heteroatoms. The summed E-state index contributed by atoms with van der Waals surface area (Å²) in [5.74, 6) is 1.99. The van der Waals surface area contributed by atoms with Crippen LogP contribution in [0.15, 0.2) is 27.7 Å². The van der Waals surface area contributed by atoms with E-state index in [1.807, 2.05) is 0 Å². The first-order valence-electron chi connectivity index (χ1n) is 7.34. The molecule has 2 aliphatic rings. The predicted molar refractivity (Wildman–Crippen MR) is 75.9 cm³/mol. The first-order chi connectivity index (χ1) is 10.1. The molecule has 6 nitrogen and oxygen atoms in total. The maximum atomic E-state index is 12.5. The molecule has 3 atom stereocenters. The zero-order chi connectivity index (χ0) is 14.4. The summed E-state index contributed by atoms with van der Waals surface area (Å²) in [5.41, 5.74) is 0.746. The van der Waals surface area contributed by atoms with Gasteiger partial charge in [0.25, 0.3) is 0 Å². The molecule has 3 unspecified atom stereocenters. The summed E-state index contributed by atoms with van der Waals surface area (Å²) in [6.07, 6.45) is 5.00. The number of benzene rings is 1. The van der Waals surface area contributed by atoms with E-state index in [1.165, 1.54) is 25.3 Å². The number of rotatable bonds is 4. The zero-order valence-electron chi connectivity index (χ0n) is 11.5. The summed E-state index contributed by atoms with van der Waals surface area (Å²) < 4.78 is 32.3. The Kier molecular flexibility index (Phi) is 3.00. The molecule has 0 saturated heterocycles. The van der Waals surface area contributed by atoms with Crippen LogP contribution in [0.25, 0.3) is 11.0 Å². The second-order valence-corrected chi connectivity index (χ2v) is 7.91. The highest BCUT2D eigenvalue weighted by molar-refractivity contribution is 7.89. The smallest absolute Gasteiger partial charge is 0.242 e.